The smallest absolute Gasteiger partial charge is 0.0847 e. The molecule has 0 saturated carbocycles. The van der Waals surface area contributed by atoms with Crippen molar-refractivity contribution in [2.45, 2.75) is 30.8 Å². The third-order valence-corrected chi connectivity index (χ3v) is 1.97. The lowest BCUT2D eigenvalue weighted by atomic mass is 9.98. The van der Waals surface area contributed by atoms with Crippen molar-refractivity contribution in [3.8, 4) is 0 Å². The largest absolute Gasteiger partial charge is 0.395 e. The molecule has 1 fully saturated rings. The molecule has 1 aliphatic rings. The molecule has 0 aliphatic carbocycles. The summed E-state index contributed by atoms with van der Waals surface area (Å²) < 4.78 is 0. The summed E-state index contributed by atoms with van der Waals surface area (Å²) in [6, 6.07) is -0.409. The number of rotatable bonds is 1. The van der Waals surface area contributed by atoms with E-state index in [9.17, 15) is 5.11 Å². The topological polar surface area (TPSA) is 98.7 Å². The highest BCUT2D eigenvalue weighted by atomic mass is 16.3. The fraction of sp³-hybridized carbons (Fsp3) is 1.00. The highest BCUT2D eigenvalue weighted by Gasteiger charge is 2.31. The van der Waals surface area contributed by atoms with Gasteiger partial charge in [-0.25, -0.2) is 0 Å². The van der Waals surface area contributed by atoms with E-state index in [1.165, 1.54) is 0 Å². The van der Waals surface area contributed by atoms with Gasteiger partial charge in [-0.1, -0.05) is 0 Å². The number of nitrogens with two attached hydrogens (primary N) is 1. The van der Waals surface area contributed by atoms with E-state index in [-0.39, 0.29) is 13.0 Å². The van der Waals surface area contributed by atoms with E-state index in [4.69, 9.17) is 15.9 Å². The van der Waals surface area contributed by atoms with Gasteiger partial charge in [-0.2, -0.15) is 0 Å². The van der Waals surface area contributed by atoms with Crippen molar-refractivity contribution in [3.63, 3.8) is 0 Å². The molecule has 0 amide bonds. The standard InChI is InChI=1S/C6H14N2O3/c7-6-5(11)1-4(10)3(2-9)8-6/h3-6,8-11H,1-2,7H2/t3-,4+,5+,6?/m1/s1. The van der Waals surface area contributed by atoms with Crippen LogP contribution in [0.2, 0.25) is 0 Å². The Bertz CT molecular complexity index is 133. The minimum atomic E-state index is -0.729. The van der Waals surface area contributed by atoms with Crippen molar-refractivity contribution >= 4 is 0 Å². The number of aliphatic hydroxyl groups excluding tert-OH is 3. The van der Waals surface area contributed by atoms with E-state index < -0.39 is 24.4 Å². The lowest BCUT2D eigenvalue weighted by Crippen LogP contribution is -2.62. The van der Waals surface area contributed by atoms with Crippen LogP contribution in [0.3, 0.4) is 0 Å². The van der Waals surface area contributed by atoms with Gasteiger partial charge >= 0.3 is 0 Å². The summed E-state index contributed by atoms with van der Waals surface area (Å²) in [5, 5.41) is 29.8. The van der Waals surface area contributed by atoms with Crippen LogP contribution in [0.5, 0.6) is 0 Å². The van der Waals surface area contributed by atoms with Gasteiger partial charge in [0.25, 0.3) is 0 Å². The molecule has 0 aromatic heterocycles. The van der Waals surface area contributed by atoms with Gasteiger partial charge in [0.05, 0.1) is 31.0 Å². The second-order valence-corrected chi connectivity index (χ2v) is 2.85. The maximum Gasteiger partial charge on any atom is 0.0847 e. The predicted octanol–water partition coefficient (Wildman–Crippen LogP) is -2.65. The van der Waals surface area contributed by atoms with E-state index in [1.54, 1.807) is 0 Å². The summed E-state index contributed by atoms with van der Waals surface area (Å²) in [5.41, 5.74) is 5.42. The zero-order valence-electron chi connectivity index (χ0n) is 6.14. The number of hydrogen-bond donors (Lipinski definition) is 5. The second-order valence-electron chi connectivity index (χ2n) is 2.85. The first-order valence-corrected chi connectivity index (χ1v) is 3.63. The van der Waals surface area contributed by atoms with Crippen LogP contribution in [0.25, 0.3) is 0 Å². The Labute approximate surface area is 64.8 Å². The van der Waals surface area contributed by atoms with Gasteiger partial charge in [-0.3, -0.25) is 5.32 Å². The molecule has 6 N–H and O–H groups in total. The molecule has 0 bridgehead atoms. The average Bonchev–Trinajstić information content (AvgIpc) is 1.97. The van der Waals surface area contributed by atoms with Crippen molar-refractivity contribution in [2.75, 3.05) is 6.61 Å². The number of aliphatic hydroxyl groups is 3. The molecular formula is C6H14N2O3. The van der Waals surface area contributed by atoms with Gasteiger partial charge in [-0.15, -0.1) is 0 Å². The van der Waals surface area contributed by atoms with Crippen LogP contribution in [0.4, 0.5) is 0 Å². The SMILES string of the molecule is NC1N[C@H](CO)[C@@H](O)C[C@@H]1O. The Balaban J connectivity index is 2.48. The van der Waals surface area contributed by atoms with E-state index in [0.29, 0.717) is 0 Å². The molecule has 0 spiro atoms. The molecule has 5 heteroatoms. The van der Waals surface area contributed by atoms with Crippen LogP contribution in [-0.2, 0) is 0 Å². The molecule has 1 saturated heterocycles. The molecule has 1 aliphatic heterocycles. The summed E-state index contributed by atoms with van der Waals surface area (Å²) in [6.45, 7) is -0.165. The molecule has 0 aromatic carbocycles. The Morgan fingerprint density at radius 2 is 2.00 bits per heavy atom. The fourth-order valence-electron chi connectivity index (χ4n) is 1.20. The van der Waals surface area contributed by atoms with Crippen LogP contribution < -0.4 is 11.1 Å². The zero-order valence-corrected chi connectivity index (χ0v) is 6.14. The first-order chi connectivity index (χ1) is 5.15. The lowest BCUT2D eigenvalue weighted by molar-refractivity contribution is -0.0178. The normalized spacial score (nSPS) is 45.8. The Morgan fingerprint density at radius 3 is 2.55 bits per heavy atom. The van der Waals surface area contributed by atoms with Crippen LogP contribution in [0, 0.1) is 0 Å². The Morgan fingerprint density at radius 1 is 1.36 bits per heavy atom. The third kappa shape index (κ3) is 1.88. The van der Waals surface area contributed by atoms with Crippen molar-refractivity contribution in [1.82, 2.24) is 5.32 Å². The molecule has 1 rings (SSSR count). The van der Waals surface area contributed by atoms with Gasteiger partial charge in [0.2, 0.25) is 0 Å². The summed E-state index contributed by atoms with van der Waals surface area (Å²) in [7, 11) is 0. The summed E-state index contributed by atoms with van der Waals surface area (Å²) in [5.74, 6) is 0. The molecule has 0 aromatic rings. The molecule has 1 heterocycles. The van der Waals surface area contributed by atoms with Crippen molar-refractivity contribution in [3.05, 3.63) is 0 Å². The third-order valence-electron chi connectivity index (χ3n) is 1.97. The molecule has 11 heavy (non-hydrogen) atoms. The minimum Gasteiger partial charge on any atom is -0.395 e. The first-order valence-electron chi connectivity index (χ1n) is 3.63. The molecule has 66 valence electrons. The quantitative estimate of drug-likeness (QED) is 0.290. The number of hydrogen-bond acceptors (Lipinski definition) is 5. The molecule has 0 radical (unpaired) electrons. The average molecular weight is 162 g/mol. The van der Waals surface area contributed by atoms with E-state index in [1.807, 2.05) is 0 Å². The Kier molecular flexibility index (Phi) is 2.80. The highest BCUT2D eigenvalue weighted by molar-refractivity contribution is 4.88. The molecular weight excluding hydrogens is 148 g/mol. The molecule has 1 unspecified atom stereocenters. The van der Waals surface area contributed by atoms with Crippen LogP contribution in [-0.4, -0.2) is 46.3 Å². The number of nitrogens with one attached hydrogen (secondary N) is 1. The number of piperidine rings is 1. The first kappa shape index (κ1) is 8.89. The van der Waals surface area contributed by atoms with Gasteiger partial charge in [-0.05, 0) is 0 Å². The maximum atomic E-state index is 9.22. The summed E-state index contributed by atoms with van der Waals surface area (Å²) in [6.07, 6.45) is -1.77. The van der Waals surface area contributed by atoms with E-state index >= 15 is 0 Å². The highest BCUT2D eigenvalue weighted by Crippen LogP contribution is 2.11. The van der Waals surface area contributed by atoms with E-state index in [0.717, 1.165) is 0 Å². The predicted molar refractivity (Wildman–Crippen MR) is 38.6 cm³/mol. The molecule has 5 nitrogen and oxygen atoms in total. The summed E-state index contributed by atoms with van der Waals surface area (Å²) in [4.78, 5) is 0. The monoisotopic (exact) mass is 162 g/mol. The van der Waals surface area contributed by atoms with Gasteiger partial charge in [0.1, 0.15) is 0 Å². The van der Waals surface area contributed by atoms with Crippen molar-refractivity contribution in [2.24, 2.45) is 5.73 Å². The Hall–Kier alpha value is -0.200. The fourth-order valence-corrected chi connectivity index (χ4v) is 1.20. The minimum absolute atomic E-state index is 0.165. The van der Waals surface area contributed by atoms with Gasteiger partial charge < -0.3 is 21.1 Å². The maximum absolute atomic E-state index is 9.22. The van der Waals surface area contributed by atoms with Crippen molar-refractivity contribution < 1.29 is 15.3 Å². The molecule has 4 atom stereocenters. The zero-order chi connectivity index (χ0) is 8.43. The van der Waals surface area contributed by atoms with Gasteiger partial charge in [0, 0.05) is 6.42 Å². The van der Waals surface area contributed by atoms with Crippen molar-refractivity contribution in [1.29, 1.82) is 0 Å². The summed E-state index contributed by atoms with van der Waals surface area (Å²) >= 11 is 0. The lowest BCUT2D eigenvalue weighted by Gasteiger charge is -2.35. The van der Waals surface area contributed by atoms with E-state index in [2.05, 4.69) is 5.32 Å². The van der Waals surface area contributed by atoms with Crippen LogP contribution in [0.15, 0.2) is 0 Å². The van der Waals surface area contributed by atoms with Gasteiger partial charge in [0.15, 0.2) is 0 Å². The van der Waals surface area contributed by atoms with Crippen LogP contribution >= 0.6 is 0 Å². The van der Waals surface area contributed by atoms with Crippen LogP contribution in [0.1, 0.15) is 6.42 Å². The second kappa shape index (κ2) is 3.46.